The predicted molar refractivity (Wildman–Crippen MR) is 75.5 cm³/mol. The van der Waals surface area contributed by atoms with Gasteiger partial charge >= 0.3 is 0 Å². The topological polar surface area (TPSA) is 47.6 Å². The molecule has 3 atom stereocenters. The fourth-order valence-electron chi connectivity index (χ4n) is 3.07. The molecule has 1 saturated carbocycles. The van der Waals surface area contributed by atoms with Crippen LogP contribution in [0.3, 0.4) is 0 Å². The molecule has 1 aliphatic carbocycles. The third-order valence-corrected chi connectivity index (χ3v) is 6.34. The van der Waals surface area contributed by atoms with Gasteiger partial charge in [-0.2, -0.15) is 0 Å². The first-order valence-electron chi connectivity index (χ1n) is 7.01. The van der Waals surface area contributed by atoms with Crippen molar-refractivity contribution >= 4 is 8.02 Å². The maximum Gasteiger partial charge on any atom is 0.300 e. The molecule has 1 heterocycles. The molecule has 2 fully saturated rings. The van der Waals surface area contributed by atoms with E-state index in [0.717, 1.165) is 13.0 Å². The first-order chi connectivity index (χ1) is 9.17. The molecule has 4 nitrogen and oxygen atoms in total. The van der Waals surface area contributed by atoms with Gasteiger partial charge in [0.05, 0.1) is 6.04 Å². The van der Waals surface area contributed by atoms with Gasteiger partial charge in [0.25, 0.3) is 8.02 Å². The summed E-state index contributed by atoms with van der Waals surface area (Å²) in [5, 5.41) is 3.29. The van der Waals surface area contributed by atoms with Crippen LogP contribution in [0.1, 0.15) is 25.7 Å². The van der Waals surface area contributed by atoms with Gasteiger partial charge in [-0.1, -0.05) is 31.0 Å². The Morgan fingerprint density at radius 3 is 2.79 bits per heavy atom. The highest BCUT2D eigenvalue weighted by Gasteiger charge is 2.47. The summed E-state index contributed by atoms with van der Waals surface area (Å²) >= 11 is 0. The second-order valence-corrected chi connectivity index (χ2v) is 7.71. The second kappa shape index (κ2) is 5.37. The second-order valence-electron chi connectivity index (χ2n) is 5.55. The first-order valence-corrected chi connectivity index (χ1v) is 8.59. The SMILES string of the molecule is CN1C[C@H]2CCCC[C@@H]2N[P+]1([O-])Oc1ccccc1. The van der Waals surface area contributed by atoms with E-state index in [2.05, 4.69) is 5.09 Å². The number of para-hydroxylation sites is 1. The summed E-state index contributed by atoms with van der Waals surface area (Å²) in [6, 6.07) is 9.77. The molecule has 1 unspecified atom stereocenters. The van der Waals surface area contributed by atoms with Crippen LogP contribution in [0.2, 0.25) is 0 Å². The molecule has 2 aliphatic rings. The average molecular weight is 280 g/mol. The monoisotopic (exact) mass is 280 g/mol. The van der Waals surface area contributed by atoms with Gasteiger partial charge in [-0.3, -0.25) is 0 Å². The van der Waals surface area contributed by atoms with E-state index in [1.807, 2.05) is 42.0 Å². The normalized spacial score (nSPS) is 35.7. The third kappa shape index (κ3) is 2.77. The Morgan fingerprint density at radius 1 is 1.26 bits per heavy atom. The van der Waals surface area contributed by atoms with Crippen molar-refractivity contribution in [3.8, 4) is 5.75 Å². The fourth-order valence-corrected chi connectivity index (χ4v) is 5.05. The van der Waals surface area contributed by atoms with E-state index in [9.17, 15) is 4.89 Å². The minimum atomic E-state index is -2.93. The van der Waals surface area contributed by atoms with Gasteiger partial charge in [0.2, 0.25) is 0 Å². The Hall–Kier alpha value is -0.670. The van der Waals surface area contributed by atoms with Crippen LogP contribution in [0.4, 0.5) is 0 Å². The molecular weight excluding hydrogens is 259 g/mol. The van der Waals surface area contributed by atoms with Crippen LogP contribution in [0.15, 0.2) is 30.3 Å². The highest BCUT2D eigenvalue weighted by atomic mass is 31.2. The molecule has 0 bridgehead atoms. The fraction of sp³-hybridized carbons (Fsp3) is 0.571. The van der Waals surface area contributed by atoms with Crippen molar-refractivity contribution < 1.29 is 9.42 Å². The molecule has 1 saturated heterocycles. The van der Waals surface area contributed by atoms with Gasteiger partial charge in [-0.25, -0.2) is 0 Å². The lowest BCUT2D eigenvalue weighted by molar-refractivity contribution is -0.206. The zero-order valence-corrected chi connectivity index (χ0v) is 12.2. The van der Waals surface area contributed by atoms with Crippen molar-refractivity contribution in [2.24, 2.45) is 5.92 Å². The van der Waals surface area contributed by atoms with Crippen molar-refractivity contribution in [1.29, 1.82) is 0 Å². The standard InChI is InChI=1S/C14H21N2O2P/c1-16-11-12-7-5-6-10-14(12)15-19(16,17)18-13-8-3-2-4-9-13/h2-4,8-9,12,14H,5-7,10-11H2,1H3,(H,15,17)/t12-,14+,19?/m1/s1. The molecular formula is C14H21N2O2P. The number of benzene rings is 1. The summed E-state index contributed by atoms with van der Waals surface area (Å²) in [5.41, 5.74) is 0. The average Bonchev–Trinajstić information content (AvgIpc) is 2.41. The Bertz CT molecular complexity index is 431. The van der Waals surface area contributed by atoms with Crippen LogP contribution >= 0.6 is 8.02 Å². The van der Waals surface area contributed by atoms with Gasteiger partial charge in [0.1, 0.15) is 0 Å². The molecule has 19 heavy (non-hydrogen) atoms. The van der Waals surface area contributed by atoms with E-state index in [4.69, 9.17) is 4.52 Å². The molecule has 104 valence electrons. The minimum Gasteiger partial charge on any atom is -0.618 e. The number of fused-ring (bicyclic) bond motifs is 1. The molecule has 1 aliphatic heterocycles. The van der Waals surface area contributed by atoms with Crippen molar-refractivity contribution in [2.75, 3.05) is 13.6 Å². The van der Waals surface area contributed by atoms with Crippen LogP contribution in [0, 0.1) is 5.92 Å². The maximum absolute atomic E-state index is 13.0. The van der Waals surface area contributed by atoms with Gasteiger partial charge in [-0.15, -0.1) is 9.76 Å². The summed E-state index contributed by atoms with van der Waals surface area (Å²) in [6.07, 6.45) is 4.86. The molecule has 3 rings (SSSR count). The molecule has 1 aromatic carbocycles. The first kappa shape index (κ1) is 13.3. The maximum atomic E-state index is 13.0. The number of hydrogen-bond acceptors (Lipinski definition) is 4. The van der Waals surface area contributed by atoms with E-state index in [0.29, 0.717) is 17.7 Å². The van der Waals surface area contributed by atoms with Gasteiger partial charge in [-0.05, 0) is 30.9 Å². The zero-order valence-electron chi connectivity index (χ0n) is 11.3. The lowest BCUT2D eigenvalue weighted by Crippen LogP contribution is -2.56. The molecule has 1 N–H and O–H groups in total. The van der Waals surface area contributed by atoms with Crippen molar-refractivity contribution in [3.05, 3.63) is 30.3 Å². The summed E-state index contributed by atoms with van der Waals surface area (Å²) in [7, 11) is -1.04. The Morgan fingerprint density at radius 2 is 2.00 bits per heavy atom. The quantitative estimate of drug-likeness (QED) is 0.844. The van der Waals surface area contributed by atoms with E-state index in [1.54, 1.807) is 0 Å². The molecule has 5 heteroatoms. The predicted octanol–water partition coefficient (Wildman–Crippen LogP) is 2.20. The van der Waals surface area contributed by atoms with E-state index in [1.165, 1.54) is 19.3 Å². The molecule has 0 aromatic heterocycles. The summed E-state index contributed by atoms with van der Waals surface area (Å²) in [5.74, 6) is 1.28. The van der Waals surface area contributed by atoms with E-state index in [-0.39, 0.29) is 0 Å². The summed E-state index contributed by atoms with van der Waals surface area (Å²) in [6.45, 7) is 0.863. The van der Waals surface area contributed by atoms with Gasteiger partial charge in [0, 0.05) is 13.6 Å². The van der Waals surface area contributed by atoms with Crippen LogP contribution in [0.5, 0.6) is 5.75 Å². The van der Waals surface area contributed by atoms with Crippen LogP contribution in [-0.2, 0) is 0 Å². The number of nitrogens with one attached hydrogen (secondary N) is 1. The third-order valence-electron chi connectivity index (χ3n) is 4.16. The molecule has 1 aromatic rings. The highest BCUT2D eigenvalue weighted by Crippen LogP contribution is 2.54. The van der Waals surface area contributed by atoms with Crippen LogP contribution < -0.4 is 14.5 Å². The van der Waals surface area contributed by atoms with Crippen LogP contribution in [-0.4, -0.2) is 24.3 Å². The summed E-state index contributed by atoms with van der Waals surface area (Å²) < 4.78 is 7.64. The lowest BCUT2D eigenvalue weighted by Gasteiger charge is -2.47. The number of rotatable bonds is 2. The Kier molecular flexibility index (Phi) is 3.77. The highest BCUT2D eigenvalue weighted by molar-refractivity contribution is 7.60. The molecule has 0 amide bonds. The molecule has 0 spiro atoms. The van der Waals surface area contributed by atoms with Crippen molar-refractivity contribution in [3.63, 3.8) is 0 Å². The van der Waals surface area contributed by atoms with Crippen molar-refractivity contribution in [1.82, 2.24) is 9.76 Å². The van der Waals surface area contributed by atoms with Gasteiger partial charge < -0.3 is 9.42 Å². The zero-order chi connectivity index (χ0) is 13.3. The molecule has 0 radical (unpaired) electrons. The van der Waals surface area contributed by atoms with Gasteiger partial charge in [0.15, 0.2) is 5.75 Å². The number of nitrogens with zero attached hydrogens (tertiary/aromatic N) is 1. The lowest BCUT2D eigenvalue weighted by atomic mass is 9.85. The smallest absolute Gasteiger partial charge is 0.300 e. The van der Waals surface area contributed by atoms with E-state index < -0.39 is 8.02 Å². The summed E-state index contributed by atoms with van der Waals surface area (Å²) in [4.78, 5) is 13.0. The van der Waals surface area contributed by atoms with Crippen LogP contribution in [0.25, 0.3) is 0 Å². The van der Waals surface area contributed by atoms with Crippen molar-refractivity contribution in [2.45, 2.75) is 31.7 Å². The van der Waals surface area contributed by atoms with E-state index >= 15 is 0 Å². The Balaban J connectivity index is 1.75. The minimum absolute atomic E-state index is 0.347. The Labute approximate surface area is 115 Å². The largest absolute Gasteiger partial charge is 0.618 e. The number of hydrogen-bond donors (Lipinski definition) is 1.